The Labute approximate surface area is 207 Å². The fraction of sp³-hybridized carbons (Fsp3) is 0.345. The third kappa shape index (κ3) is 7.41. The molecule has 0 saturated carbocycles. The minimum Gasteiger partial charge on any atom is -0.466 e. The summed E-state index contributed by atoms with van der Waals surface area (Å²) in [4.78, 5) is 28.6. The lowest BCUT2D eigenvalue weighted by molar-refractivity contribution is -0.143. The van der Waals surface area contributed by atoms with Crippen LogP contribution in [0.4, 0.5) is 0 Å². The Balaban J connectivity index is 1.75. The third-order valence-electron chi connectivity index (χ3n) is 5.28. The van der Waals surface area contributed by atoms with Crippen LogP contribution in [-0.4, -0.2) is 29.1 Å². The summed E-state index contributed by atoms with van der Waals surface area (Å²) in [5.74, 6) is 0.776. The zero-order valence-electron chi connectivity index (χ0n) is 21.1. The quantitative estimate of drug-likeness (QED) is 0.321. The first kappa shape index (κ1) is 25.9. The Bertz CT molecular complexity index is 1160. The van der Waals surface area contributed by atoms with Gasteiger partial charge in [0, 0.05) is 18.2 Å². The van der Waals surface area contributed by atoms with Crippen molar-refractivity contribution in [2.24, 2.45) is 0 Å². The van der Waals surface area contributed by atoms with Crippen LogP contribution < -0.4 is 4.74 Å². The molecule has 0 unspecified atom stereocenters. The van der Waals surface area contributed by atoms with Gasteiger partial charge >= 0.3 is 11.9 Å². The van der Waals surface area contributed by atoms with E-state index >= 15 is 0 Å². The van der Waals surface area contributed by atoms with E-state index in [-0.39, 0.29) is 11.7 Å². The molecule has 0 fully saturated rings. The molecule has 0 aliphatic rings. The highest BCUT2D eigenvalue weighted by atomic mass is 16.6. The first-order valence-corrected chi connectivity index (χ1v) is 11.9. The zero-order valence-corrected chi connectivity index (χ0v) is 21.1. The summed E-state index contributed by atoms with van der Waals surface area (Å²) in [6.07, 6.45) is 3.54. The Morgan fingerprint density at radius 1 is 0.943 bits per heavy atom. The number of hydrogen-bond donors (Lipinski definition) is 0. The second-order valence-corrected chi connectivity index (χ2v) is 9.23. The van der Waals surface area contributed by atoms with Crippen LogP contribution in [0.25, 0.3) is 11.1 Å². The number of nitrogens with zero attached hydrogens (tertiary/aromatic N) is 1. The predicted molar refractivity (Wildman–Crippen MR) is 136 cm³/mol. The van der Waals surface area contributed by atoms with Gasteiger partial charge in [-0.25, -0.2) is 9.78 Å². The van der Waals surface area contributed by atoms with Gasteiger partial charge in [0.25, 0.3) is 0 Å². The van der Waals surface area contributed by atoms with Gasteiger partial charge < -0.3 is 14.2 Å². The van der Waals surface area contributed by atoms with E-state index in [1.54, 1.807) is 12.3 Å². The number of benzene rings is 2. The van der Waals surface area contributed by atoms with Crippen molar-refractivity contribution in [1.29, 1.82) is 0 Å². The van der Waals surface area contributed by atoms with E-state index in [4.69, 9.17) is 14.2 Å². The van der Waals surface area contributed by atoms with Crippen molar-refractivity contribution < 1.29 is 23.8 Å². The van der Waals surface area contributed by atoms with Crippen LogP contribution in [0.1, 0.15) is 62.2 Å². The largest absolute Gasteiger partial charge is 0.466 e. The van der Waals surface area contributed by atoms with Crippen molar-refractivity contribution >= 4 is 11.9 Å². The Kier molecular flexibility index (Phi) is 8.63. The molecule has 6 heteroatoms. The summed E-state index contributed by atoms with van der Waals surface area (Å²) in [6, 6.07) is 17.2. The monoisotopic (exact) mass is 475 g/mol. The molecule has 0 N–H and O–H groups in total. The van der Waals surface area contributed by atoms with E-state index in [9.17, 15) is 9.59 Å². The molecule has 0 radical (unpaired) electrons. The van der Waals surface area contributed by atoms with Gasteiger partial charge in [0.05, 0.1) is 6.61 Å². The van der Waals surface area contributed by atoms with Gasteiger partial charge in [-0.1, -0.05) is 30.3 Å². The fourth-order valence-electron chi connectivity index (χ4n) is 3.65. The van der Waals surface area contributed by atoms with Gasteiger partial charge in [-0.2, -0.15) is 0 Å². The maximum absolute atomic E-state index is 12.8. The third-order valence-corrected chi connectivity index (χ3v) is 5.28. The van der Waals surface area contributed by atoms with Crippen molar-refractivity contribution in [2.45, 2.75) is 59.5 Å². The van der Waals surface area contributed by atoms with Crippen LogP contribution in [-0.2, 0) is 20.7 Å². The number of aryl methyl sites for hydroxylation is 1. The lowest BCUT2D eigenvalue weighted by Gasteiger charge is -2.20. The summed E-state index contributed by atoms with van der Waals surface area (Å²) in [5, 5.41) is 0. The molecular weight excluding hydrogens is 442 g/mol. The van der Waals surface area contributed by atoms with Crippen LogP contribution in [0.2, 0.25) is 0 Å². The lowest BCUT2D eigenvalue weighted by atomic mass is 9.98. The van der Waals surface area contributed by atoms with Gasteiger partial charge in [-0.3, -0.25) is 4.79 Å². The summed E-state index contributed by atoms with van der Waals surface area (Å²) < 4.78 is 16.7. The van der Waals surface area contributed by atoms with Crippen molar-refractivity contribution in [3.05, 3.63) is 77.6 Å². The number of carbonyl (C=O) groups excluding carboxylic acids is 2. The number of aromatic nitrogens is 1. The average molecular weight is 476 g/mol. The summed E-state index contributed by atoms with van der Waals surface area (Å²) >= 11 is 0. The highest BCUT2D eigenvalue weighted by Gasteiger charge is 2.23. The highest BCUT2D eigenvalue weighted by Crippen LogP contribution is 2.34. The second kappa shape index (κ2) is 11.6. The van der Waals surface area contributed by atoms with Crippen LogP contribution in [0.15, 0.2) is 60.8 Å². The van der Waals surface area contributed by atoms with Crippen molar-refractivity contribution in [2.75, 3.05) is 6.61 Å². The number of carbonyl (C=O) groups is 2. The molecule has 0 aliphatic heterocycles. The van der Waals surface area contributed by atoms with Gasteiger partial charge in [0.15, 0.2) is 5.69 Å². The highest BCUT2D eigenvalue weighted by molar-refractivity contribution is 5.96. The van der Waals surface area contributed by atoms with Crippen LogP contribution in [0.5, 0.6) is 11.5 Å². The van der Waals surface area contributed by atoms with Crippen molar-refractivity contribution in [1.82, 2.24) is 4.98 Å². The van der Waals surface area contributed by atoms with E-state index in [0.29, 0.717) is 30.1 Å². The van der Waals surface area contributed by atoms with E-state index in [0.717, 1.165) is 29.5 Å². The lowest BCUT2D eigenvalue weighted by Crippen LogP contribution is -2.24. The van der Waals surface area contributed by atoms with E-state index in [1.807, 2.05) is 83.1 Å². The number of rotatable bonds is 9. The summed E-state index contributed by atoms with van der Waals surface area (Å²) in [7, 11) is 0. The number of hydrogen-bond acceptors (Lipinski definition) is 6. The van der Waals surface area contributed by atoms with E-state index < -0.39 is 11.6 Å². The molecule has 1 aromatic heterocycles. The van der Waals surface area contributed by atoms with Crippen molar-refractivity contribution in [3.63, 3.8) is 0 Å². The minimum absolute atomic E-state index is 0.161. The summed E-state index contributed by atoms with van der Waals surface area (Å²) in [5.41, 5.74) is 3.23. The van der Waals surface area contributed by atoms with Crippen molar-refractivity contribution in [3.8, 4) is 22.6 Å². The van der Waals surface area contributed by atoms with Gasteiger partial charge in [0.1, 0.15) is 17.1 Å². The number of pyridine rings is 1. The minimum atomic E-state index is -0.614. The molecule has 0 atom stereocenters. The first-order chi connectivity index (χ1) is 16.7. The molecule has 35 heavy (non-hydrogen) atoms. The van der Waals surface area contributed by atoms with Crippen LogP contribution in [0.3, 0.4) is 0 Å². The average Bonchev–Trinajstić information content (AvgIpc) is 2.81. The fourth-order valence-corrected chi connectivity index (χ4v) is 3.65. The normalized spacial score (nSPS) is 11.1. The first-order valence-electron chi connectivity index (χ1n) is 11.9. The predicted octanol–water partition coefficient (Wildman–Crippen LogP) is 6.69. The summed E-state index contributed by atoms with van der Waals surface area (Å²) in [6.45, 7) is 9.68. The molecule has 3 aromatic rings. The molecule has 0 saturated heterocycles. The van der Waals surface area contributed by atoms with Gasteiger partial charge in [-0.15, -0.1) is 0 Å². The molecule has 3 rings (SSSR count). The van der Waals surface area contributed by atoms with Gasteiger partial charge in [-0.05, 0) is 88.4 Å². The molecule has 1 heterocycles. The molecule has 184 valence electrons. The molecule has 0 bridgehead atoms. The van der Waals surface area contributed by atoms with Crippen LogP contribution in [0, 0.1) is 6.92 Å². The molecule has 6 nitrogen and oxygen atoms in total. The maximum Gasteiger partial charge on any atom is 0.358 e. The van der Waals surface area contributed by atoms with Gasteiger partial charge in [0.2, 0.25) is 0 Å². The Morgan fingerprint density at radius 3 is 2.34 bits per heavy atom. The van der Waals surface area contributed by atoms with E-state index in [2.05, 4.69) is 4.98 Å². The topological polar surface area (TPSA) is 74.7 Å². The SMILES string of the molecule is CCOC(=O)CCCc1ccc(Oc2cccc(-c3cccnc3C(=O)OC(C)(C)C)c2C)cc1. The smallest absolute Gasteiger partial charge is 0.358 e. The Morgan fingerprint density at radius 2 is 1.66 bits per heavy atom. The molecule has 0 aliphatic carbocycles. The second-order valence-electron chi connectivity index (χ2n) is 9.23. The number of esters is 2. The molecule has 0 amide bonds. The standard InChI is InChI=1S/C29H33NO5/c1-6-33-26(31)14-7-10-21-15-17-22(18-16-21)34-25-13-8-11-23(20(25)2)24-12-9-19-30-27(24)28(32)35-29(3,4)5/h8-9,11-13,15-19H,6-7,10,14H2,1-5H3. The maximum atomic E-state index is 12.8. The zero-order chi connectivity index (χ0) is 25.4. The number of ether oxygens (including phenoxy) is 3. The molecule has 2 aromatic carbocycles. The molecule has 0 spiro atoms. The molecular formula is C29H33NO5. The van der Waals surface area contributed by atoms with E-state index in [1.165, 1.54) is 0 Å². The Hall–Kier alpha value is -3.67. The van der Waals surface area contributed by atoms with Crippen LogP contribution >= 0.6 is 0 Å².